The second-order valence-electron chi connectivity index (χ2n) is 7.11. The molecule has 0 bridgehead atoms. The summed E-state index contributed by atoms with van der Waals surface area (Å²) in [6, 6.07) is 15.7. The van der Waals surface area contributed by atoms with E-state index in [4.69, 9.17) is 4.74 Å². The first-order valence-electron chi connectivity index (χ1n) is 9.63. The van der Waals surface area contributed by atoms with Crippen molar-refractivity contribution in [2.45, 2.75) is 18.9 Å². The van der Waals surface area contributed by atoms with Crippen molar-refractivity contribution in [1.82, 2.24) is 15.5 Å². The van der Waals surface area contributed by atoms with Gasteiger partial charge in [0.1, 0.15) is 11.6 Å². The van der Waals surface area contributed by atoms with Crippen molar-refractivity contribution in [3.63, 3.8) is 0 Å². The molecule has 3 aromatic rings. The Morgan fingerprint density at radius 1 is 1.17 bits per heavy atom. The molecule has 29 heavy (non-hydrogen) atoms. The quantitative estimate of drug-likeness (QED) is 0.693. The Bertz CT molecular complexity index is 978. The van der Waals surface area contributed by atoms with Crippen LogP contribution >= 0.6 is 0 Å². The number of nitrogens with one attached hydrogen (secondary N) is 2. The third kappa shape index (κ3) is 4.39. The molecule has 1 fully saturated rings. The van der Waals surface area contributed by atoms with Gasteiger partial charge in [-0.1, -0.05) is 6.07 Å². The van der Waals surface area contributed by atoms with E-state index >= 15 is 0 Å². The maximum absolute atomic E-state index is 13.3. The molecule has 6 nitrogen and oxygen atoms in total. The predicted molar refractivity (Wildman–Crippen MR) is 110 cm³/mol. The fourth-order valence-electron chi connectivity index (χ4n) is 3.54. The number of aromatic amines is 1. The van der Waals surface area contributed by atoms with Gasteiger partial charge >= 0.3 is 0 Å². The number of hydrogen-bond acceptors (Lipinski definition) is 4. The Balaban J connectivity index is 1.34. The van der Waals surface area contributed by atoms with Crippen LogP contribution in [0.3, 0.4) is 0 Å². The van der Waals surface area contributed by atoms with Gasteiger partial charge in [0.2, 0.25) is 0 Å². The molecule has 1 amide bonds. The third-order valence-electron chi connectivity index (χ3n) is 5.21. The number of hydrogen-bond donors (Lipinski definition) is 2. The summed E-state index contributed by atoms with van der Waals surface area (Å²) in [5.74, 6) is 1.07. The van der Waals surface area contributed by atoms with E-state index in [1.165, 1.54) is 12.1 Å². The molecule has 150 valence electrons. The summed E-state index contributed by atoms with van der Waals surface area (Å²) in [6.45, 7) is 1.59. The summed E-state index contributed by atoms with van der Waals surface area (Å²) >= 11 is 0. The van der Waals surface area contributed by atoms with Crippen molar-refractivity contribution in [2.75, 3.05) is 25.1 Å². The van der Waals surface area contributed by atoms with E-state index in [0.29, 0.717) is 5.56 Å². The van der Waals surface area contributed by atoms with Crippen LogP contribution in [0.25, 0.3) is 11.3 Å². The van der Waals surface area contributed by atoms with E-state index in [2.05, 4.69) is 20.4 Å². The first-order valence-corrected chi connectivity index (χ1v) is 9.63. The zero-order valence-corrected chi connectivity index (χ0v) is 16.2. The highest BCUT2D eigenvalue weighted by atomic mass is 19.1. The molecule has 1 aromatic heterocycles. The number of carbonyl (C=O) groups excluding carboxylic acids is 1. The number of benzene rings is 2. The minimum Gasteiger partial charge on any atom is -0.497 e. The van der Waals surface area contributed by atoms with Crippen molar-refractivity contribution >= 4 is 11.7 Å². The number of aromatic nitrogens is 2. The topological polar surface area (TPSA) is 70.2 Å². The highest BCUT2D eigenvalue weighted by molar-refractivity contribution is 5.94. The lowest BCUT2D eigenvalue weighted by atomic mass is 10.0. The number of anilines is 1. The summed E-state index contributed by atoms with van der Waals surface area (Å²) in [4.78, 5) is 14.5. The van der Waals surface area contributed by atoms with Gasteiger partial charge in [0.05, 0.1) is 12.8 Å². The van der Waals surface area contributed by atoms with Crippen molar-refractivity contribution in [2.24, 2.45) is 0 Å². The molecule has 1 aliphatic rings. The number of piperidine rings is 1. The van der Waals surface area contributed by atoms with Crippen molar-refractivity contribution in [1.29, 1.82) is 0 Å². The molecule has 0 atom stereocenters. The first kappa shape index (κ1) is 19.0. The van der Waals surface area contributed by atoms with Crippen LogP contribution in [0.15, 0.2) is 54.6 Å². The van der Waals surface area contributed by atoms with Gasteiger partial charge in [0.25, 0.3) is 5.91 Å². The standard InChI is InChI=1S/C22H23FN4O2/c1-29-19-7-5-15(6-8-19)20-14-21(26-25-20)27-11-9-18(10-12-27)24-22(28)16-3-2-4-17(23)13-16/h2-8,13-14,18H,9-12H2,1H3,(H,24,28)(H,25,26). The summed E-state index contributed by atoms with van der Waals surface area (Å²) in [6.07, 6.45) is 1.62. The number of ether oxygens (including phenoxy) is 1. The molecule has 7 heteroatoms. The van der Waals surface area contributed by atoms with Gasteiger partial charge in [-0.25, -0.2) is 4.39 Å². The molecule has 1 aliphatic heterocycles. The molecular weight excluding hydrogens is 371 g/mol. The average Bonchev–Trinajstić information content (AvgIpc) is 3.24. The van der Waals surface area contributed by atoms with E-state index in [0.717, 1.165) is 48.8 Å². The van der Waals surface area contributed by atoms with E-state index in [1.807, 2.05) is 30.3 Å². The Hall–Kier alpha value is -3.35. The Morgan fingerprint density at radius 3 is 2.62 bits per heavy atom. The SMILES string of the molecule is COc1ccc(-c2cc(N3CCC(NC(=O)c4cccc(F)c4)CC3)n[nH]2)cc1. The lowest BCUT2D eigenvalue weighted by molar-refractivity contribution is 0.0930. The molecule has 0 unspecified atom stereocenters. The number of methoxy groups -OCH3 is 1. The molecule has 0 saturated carbocycles. The van der Waals surface area contributed by atoms with Gasteiger partial charge in [-0.3, -0.25) is 9.89 Å². The first-order chi connectivity index (χ1) is 14.1. The normalized spacial score (nSPS) is 14.6. The Kier molecular flexibility index (Phi) is 5.46. The molecular formula is C22H23FN4O2. The van der Waals surface area contributed by atoms with Crippen LogP contribution in [0.4, 0.5) is 10.2 Å². The van der Waals surface area contributed by atoms with E-state index in [1.54, 1.807) is 19.2 Å². The highest BCUT2D eigenvalue weighted by Gasteiger charge is 2.23. The molecule has 0 radical (unpaired) electrons. The van der Waals surface area contributed by atoms with Gasteiger partial charge in [-0.2, -0.15) is 5.10 Å². The molecule has 2 N–H and O–H groups in total. The number of halogens is 1. The monoisotopic (exact) mass is 394 g/mol. The second kappa shape index (κ2) is 8.34. The zero-order chi connectivity index (χ0) is 20.2. The fraction of sp³-hybridized carbons (Fsp3) is 0.273. The molecule has 0 spiro atoms. The van der Waals surface area contributed by atoms with Crippen LogP contribution in [0.5, 0.6) is 5.75 Å². The lowest BCUT2D eigenvalue weighted by Gasteiger charge is -2.32. The van der Waals surface area contributed by atoms with Crippen LogP contribution in [0.2, 0.25) is 0 Å². The summed E-state index contributed by atoms with van der Waals surface area (Å²) in [5, 5.41) is 10.5. The third-order valence-corrected chi connectivity index (χ3v) is 5.21. The fourth-order valence-corrected chi connectivity index (χ4v) is 3.54. The number of amides is 1. The number of H-pyrrole nitrogens is 1. The molecule has 4 rings (SSSR count). The summed E-state index contributed by atoms with van der Waals surface area (Å²) < 4.78 is 18.5. The average molecular weight is 394 g/mol. The number of rotatable bonds is 5. The van der Waals surface area contributed by atoms with E-state index in [9.17, 15) is 9.18 Å². The zero-order valence-electron chi connectivity index (χ0n) is 16.2. The number of carbonyl (C=O) groups is 1. The van der Waals surface area contributed by atoms with Crippen molar-refractivity contribution < 1.29 is 13.9 Å². The molecule has 2 aromatic carbocycles. The van der Waals surface area contributed by atoms with Crippen LogP contribution in [0.1, 0.15) is 23.2 Å². The maximum atomic E-state index is 13.3. The largest absolute Gasteiger partial charge is 0.497 e. The summed E-state index contributed by atoms with van der Waals surface area (Å²) in [5.41, 5.74) is 2.34. The molecule has 0 aliphatic carbocycles. The lowest BCUT2D eigenvalue weighted by Crippen LogP contribution is -2.44. The Morgan fingerprint density at radius 2 is 1.93 bits per heavy atom. The van der Waals surface area contributed by atoms with Crippen LogP contribution in [-0.4, -0.2) is 42.3 Å². The van der Waals surface area contributed by atoms with E-state index < -0.39 is 5.82 Å². The second-order valence-corrected chi connectivity index (χ2v) is 7.11. The number of nitrogens with zero attached hydrogens (tertiary/aromatic N) is 2. The van der Waals surface area contributed by atoms with Gasteiger partial charge in [-0.15, -0.1) is 0 Å². The van der Waals surface area contributed by atoms with Gasteiger partial charge in [0, 0.05) is 30.8 Å². The van der Waals surface area contributed by atoms with Crippen LogP contribution < -0.4 is 15.0 Å². The minimum absolute atomic E-state index is 0.0713. The van der Waals surface area contributed by atoms with Gasteiger partial charge in [-0.05, 0) is 60.9 Å². The van der Waals surface area contributed by atoms with Crippen LogP contribution in [0, 0.1) is 5.82 Å². The van der Waals surface area contributed by atoms with Crippen molar-refractivity contribution in [3.8, 4) is 17.0 Å². The van der Waals surface area contributed by atoms with E-state index in [-0.39, 0.29) is 11.9 Å². The van der Waals surface area contributed by atoms with Gasteiger partial charge < -0.3 is 15.0 Å². The molecule has 1 saturated heterocycles. The van der Waals surface area contributed by atoms with Crippen LogP contribution in [-0.2, 0) is 0 Å². The van der Waals surface area contributed by atoms with Crippen molar-refractivity contribution in [3.05, 3.63) is 66.0 Å². The molecule has 2 heterocycles. The minimum atomic E-state index is -0.404. The summed E-state index contributed by atoms with van der Waals surface area (Å²) in [7, 11) is 1.65. The van der Waals surface area contributed by atoms with Gasteiger partial charge in [0.15, 0.2) is 5.82 Å². The highest BCUT2D eigenvalue weighted by Crippen LogP contribution is 2.25. The predicted octanol–water partition coefficient (Wildman–Crippen LogP) is 3.62. The maximum Gasteiger partial charge on any atom is 0.251 e. The Labute approximate surface area is 168 Å². The smallest absolute Gasteiger partial charge is 0.251 e.